The third-order valence-electron chi connectivity index (χ3n) is 3.55. The Morgan fingerprint density at radius 2 is 2.00 bits per heavy atom. The van der Waals surface area contributed by atoms with Gasteiger partial charge in [-0.05, 0) is 29.7 Å². The summed E-state index contributed by atoms with van der Waals surface area (Å²) in [5.74, 6) is 0.501. The average Bonchev–Trinajstić information content (AvgIpc) is 2.38. The fourth-order valence-corrected chi connectivity index (χ4v) is 2.47. The molecule has 0 amide bonds. The number of carbonyl (C=O) groups excluding carboxylic acids is 1. The molecule has 0 saturated carbocycles. The number of hydrogen-bond acceptors (Lipinski definition) is 4. The minimum Gasteiger partial charge on any atom is -0.497 e. The van der Waals surface area contributed by atoms with Crippen LogP contribution in [0.5, 0.6) is 5.75 Å². The first-order valence-electron chi connectivity index (χ1n) is 6.51. The quantitative estimate of drug-likeness (QED) is 0.916. The van der Waals surface area contributed by atoms with Gasteiger partial charge in [-0.3, -0.25) is 4.79 Å². The van der Waals surface area contributed by atoms with Crippen molar-refractivity contribution in [2.24, 2.45) is 11.3 Å². The summed E-state index contributed by atoms with van der Waals surface area (Å²) >= 11 is 0. The number of anilines is 1. The molecule has 0 aromatic heterocycles. The van der Waals surface area contributed by atoms with E-state index >= 15 is 0 Å². The molecule has 0 heterocycles. The Hall–Kier alpha value is -2.28. The predicted octanol–water partition coefficient (Wildman–Crippen LogP) is 3.13. The highest BCUT2D eigenvalue weighted by atomic mass is 16.5. The highest BCUT2D eigenvalue weighted by Gasteiger charge is 2.38. The van der Waals surface area contributed by atoms with Crippen LogP contribution in [0.1, 0.15) is 20.3 Å². The van der Waals surface area contributed by atoms with Gasteiger partial charge in [-0.1, -0.05) is 13.8 Å². The van der Waals surface area contributed by atoms with Crippen molar-refractivity contribution in [1.29, 1.82) is 5.26 Å². The number of nitrogens with zero attached hydrogens (tertiary/aromatic N) is 1. The van der Waals surface area contributed by atoms with Crippen molar-refractivity contribution in [3.63, 3.8) is 0 Å². The Kier molecular flexibility index (Phi) is 3.80. The summed E-state index contributed by atoms with van der Waals surface area (Å²) in [6, 6.07) is 9.69. The number of nitrogens with one attached hydrogen (secondary N) is 1. The SMILES string of the molecule is COc1ccc(NC2=CC(=O)CC(C)(C)C2C#N)cc1. The van der Waals surface area contributed by atoms with Crippen molar-refractivity contribution < 1.29 is 9.53 Å². The Morgan fingerprint density at radius 1 is 1.35 bits per heavy atom. The Morgan fingerprint density at radius 3 is 2.55 bits per heavy atom. The molecular formula is C16H18N2O2. The number of rotatable bonds is 3. The lowest BCUT2D eigenvalue weighted by molar-refractivity contribution is -0.117. The van der Waals surface area contributed by atoms with Gasteiger partial charge < -0.3 is 10.1 Å². The topological polar surface area (TPSA) is 62.1 Å². The second-order valence-corrected chi connectivity index (χ2v) is 5.65. The molecule has 4 nitrogen and oxygen atoms in total. The van der Waals surface area contributed by atoms with Crippen LogP contribution in [0.4, 0.5) is 5.69 Å². The summed E-state index contributed by atoms with van der Waals surface area (Å²) in [6.45, 7) is 3.89. The molecule has 1 unspecified atom stereocenters. The van der Waals surface area contributed by atoms with Crippen LogP contribution in [0.25, 0.3) is 0 Å². The van der Waals surface area contributed by atoms with Crippen LogP contribution in [-0.4, -0.2) is 12.9 Å². The molecule has 4 heteroatoms. The van der Waals surface area contributed by atoms with Crippen LogP contribution in [0.15, 0.2) is 36.0 Å². The van der Waals surface area contributed by atoms with E-state index in [9.17, 15) is 10.1 Å². The summed E-state index contributed by atoms with van der Waals surface area (Å²) in [6.07, 6.45) is 1.95. The molecule has 1 atom stereocenters. The Balaban J connectivity index is 2.26. The van der Waals surface area contributed by atoms with Gasteiger partial charge >= 0.3 is 0 Å². The van der Waals surface area contributed by atoms with Gasteiger partial charge in [-0.25, -0.2) is 0 Å². The van der Waals surface area contributed by atoms with Gasteiger partial charge in [0.2, 0.25) is 0 Å². The minimum absolute atomic E-state index is 0.0533. The summed E-state index contributed by atoms with van der Waals surface area (Å²) in [5.41, 5.74) is 1.15. The van der Waals surface area contributed by atoms with Crippen LogP contribution >= 0.6 is 0 Å². The predicted molar refractivity (Wildman–Crippen MR) is 77.2 cm³/mol. The van der Waals surface area contributed by atoms with Crippen LogP contribution in [0, 0.1) is 22.7 Å². The molecule has 1 aliphatic carbocycles. The van der Waals surface area contributed by atoms with E-state index in [0.717, 1.165) is 11.4 Å². The largest absolute Gasteiger partial charge is 0.497 e. The molecule has 2 rings (SSSR count). The molecule has 0 radical (unpaired) electrons. The van der Waals surface area contributed by atoms with E-state index in [0.29, 0.717) is 12.1 Å². The molecular weight excluding hydrogens is 252 g/mol. The summed E-state index contributed by atoms with van der Waals surface area (Å²) < 4.78 is 5.10. The Bertz CT molecular complexity index is 579. The summed E-state index contributed by atoms with van der Waals surface area (Å²) in [7, 11) is 1.61. The molecule has 0 aliphatic heterocycles. The van der Waals surface area contributed by atoms with Gasteiger partial charge in [-0.2, -0.15) is 5.26 Å². The van der Waals surface area contributed by atoms with Gasteiger partial charge in [0.25, 0.3) is 0 Å². The monoisotopic (exact) mass is 270 g/mol. The molecule has 1 N–H and O–H groups in total. The molecule has 1 aromatic carbocycles. The lowest BCUT2D eigenvalue weighted by Crippen LogP contribution is -2.34. The van der Waals surface area contributed by atoms with Crippen LogP contribution < -0.4 is 10.1 Å². The van der Waals surface area contributed by atoms with E-state index in [-0.39, 0.29) is 17.1 Å². The number of ether oxygens (including phenoxy) is 1. The van der Waals surface area contributed by atoms with Gasteiger partial charge in [-0.15, -0.1) is 0 Å². The molecule has 0 bridgehead atoms. The zero-order chi connectivity index (χ0) is 14.8. The molecule has 1 aromatic rings. The molecule has 0 spiro atoms. The lowest BCUT2D eigenvalue weighted by Gasteiger charge is -2.34. The Labute approximate surface area is 119 Å². The average molecular weight is 270 g/mol. The smallest absolute Gasteiger partial charge is 0.158 e. The van der Waals surface area contributed by atoms with E-state index in [4.69, 9.17) is 4.74 Å². The van der Waals surface area contributed by atoms with Gasteiger partial charge in [0.1, 0.15) is 5.75 Å². The maximum atomic E-state index is 11.8. The van der Waals surface area contributed by atoms with Gasteiger partial charge in [0, 0.05) is 23.9 Å². The molecule has 0 saturated heterocycles. The molecule has 1 aliphatic rings. The van der Waals surface area contributed by atoms with Crippen molar-refractivity contribution >= 4 is 11.5 Å². The van der Waals surface area contributed by atoms with E-state index in [1.54, 1.807) is 13.2 Å². The highest BCUT2D eigenvalue weighted by molar-refractivity contribution is 5.92. The maximum absolute atomic E-state index is 11.8. The third-order valence-corrected chi connectivity index (χ3v) is 3.55. The standard InChI is InChI=1S/C16H18N2O2/c1-16(2)9-12(19)8-15(14(16)10-17)18-11-4-6-13(20-3)7-5-11/h4-8,14,18H,9H2,1-3H3. The van der Waals surface area contributed by atoms with Crippen molar-refractivity contribution in [3.05, 3.63) is 36.0 Å². The van der Waals surface area contributed by atoms with Crippen LogP contribution in [0.3, 0.4) is 0 Å². The van der Waals surface area contributed by atoms with Gasteiger partial charge in [0.05, 0.1) is 19.1 Å². The molecule has 20 heavy (non-hydrogen) atoms. The normalized spacial score (nSPS) is 20.8. The molecule has 104 valence electrons. The number of hydrogen-bond donors (Lipinski definition) is 1. The zero-order valence-corrected chi connectivity index (χ0v) is 11.9. The lowest BCUT2D eigenvalue weighted by atomic mass is 9.70. The summed E-state index contributed by atoms with van der Waals surface area (Å²) in [5, 5.41) is 12.6. The first-order valence-corrected chi connectivity index (χ1v) is 6.51. The summed E-state index contributed by atoms with van der Waals surface area (Å²) in [4.78, 5) is 11.8. The number of ketones is 1. The number of allylic oxidation sites excluding steroid dienone is 2. The van der Waals surface area contributed by atoms with E-state index in [1.807, 2.05) is 38.1 Å². The minimum atomic E-state index is -0.352. The second-order valence-electron chi connectivity index (χ2n) is 5.65. The first-order chi connectivity index (χ1) is 9.46. The highest BCUT2D eigenvalue weighted by Crippen LogP contribution is 2.39. The zero-order valence-electron chi connectivity index (χ0n) is 11.9. The third kappa shape index (κ3) is 2.83. The van der Waals surface area contributed by atoms with Gasteiger partial charge in [0.15, 0.2) is 5.78 Å². The van der Waals surface area contributed by atoms with Crippen molar-refractivity contribution in [1.82, 2.24) is 0 Å². The second kappa shape index (κ2) is 5.38. The first kappa shape index (κ1) is 14.1. The van der Waals surface area contributed by atoms with E-state index < -0.39 is 0 Å². The van der Waals surface area contributed by atoms with Crippen LogP contribution in [-0.2, 0) is 4.79 Å². The number of carbonyl (C=O) groups is 1. The molecule has 0 fully saturated rings. The van der Waals surface area contributed by atoms with Crippen molar-refractivity contribution in [2.75, 3.05) is 12.4 Å². The maximum Gasteiger partial charge on any atom is 0.158 e. The fraction of sp³-hybridized carbons (Fsp3) is 0.375. The number of methoxy groups -OCH3 is 1. The van der Waals surface area contributed by atoms with Crippen molar-refractivity contribution in [2.45, 2.75) is 20.3 Å². The number of benzene rings is 1. The number of nitriles is 1. The van der Waals surface area contributed by atoms with Crippen LogP contribution in [0.2, 0.25) is 0 Å². The van der Waals surface area contributed by atoms with E-state index in [1.165, 1.54) is 0 Å². The fourth-order valence-electron chi connectivity index (χ4n) is 2.47. The van der Waals surface area contributed by atoms with Crippen molar-refractivity contribution in [3.8, 4) is 11.8 Å². The van der Waals surface area contributed by atoms with E-state index in [2.05, 4.69) is 11.4 Å².